The molecular formula is C17H21N3O3. The highest BCUT2D eigenvalue weighted by Crippen LogP contribution is 2.53. The number of hydrogen-bond acceptors (Lipinski definition) is 5. The lowest BCUT2D eigenvalue weighted by molar-refractivity contribution is -0.243. The van der Waals surface area contributed by atoms with Crippen molar-refractivity contribution in [1.82, 2.24) is 14.6 Å². The van der Waals surface area contributed by atoms with E-state index >= 15 is 0 Å². The molecule has 0 spiro atoms. The van der Waals surface area contributed by atoms with Crippen molar-refractivity contribution in [3.8, 4) is 0 Å². The predicted octanol–water partition coefficient (Wildman–Crippen LogP) is 2.40. The fourth-order valence-corrected chi connectivity index (χ4v) is 4.02. The molecule has 2 aromatic heterocycles. The Labute approximate surface area is 134 Å². The zero-order valence-corrected chi connectivity index (χ0v) is 13.7. The molecule has 2 fully saturated rings. The molecule has 6 heteroatoms. The number of esters is 1. The molecule has 0 N–H and O–H groups in total. The minimum atomic E-state index is -0.290. The smallest absolute Gasteiger partial charge is 0.339 e. The Balaban J connectivity index is 1.55. The lowest BCUT2D eigenvalue weighted by Crippen LogP contribution is -2.65. The summed E-state index contributed by atoms with van der Waals surface area (Å²) in [5.74, 6) is 0.782. The molecule has 3 atom stereocenters. The van der Waals surface area contributed by atoms with E-state index in [0.29, 0.717) is 11.5 Å². The number of carbonyl (C=O) groups is 1. The molecule has 0 bridgehead atoms. The minimum Gasteiger partial charge on any atom is -0.458 e. The highest BCUT2D eigenvalue weighted by Gasteiger charge is 2.60. The Morgan fingerprint density at radius 3 is 3.04 bits per heavy atom. The Morgan fingerprint density at radius 2 is 2.22 bits per heavy atom. The molecule has 0 amide bonds. The Bertz CT molecular complexity index is 768. The third kappa shape index (κ3) is 2.16. The van der Waals surface area contributed by atoms with Gasteiger partial charge in [0.05, 0.1) is 11.7 Å². The normalized spacial score (nSPS) is 28.9. The summed E-state index contributed by atoms with van der Waals surface area (Å²) in [6.45, 7) is 6.90. The van der Waals surface area contributed by atoms with E-state index in [9.17, 15) is 4.79 Å². The van der Waals surface area contributed by atoms with Crippen molar-refractivity contribution in [2.75, 3.05) is 6.61 Å². The van der Waals surface area contributed by atoms with Gasteiger partial charge in [-0.15, -0.1) is 10.2 Å². The van der Waals surface area contributed by atoms with Crippen molar-refractivity contribution in [2.45, 2.75) is 45.8 Å². The molecular weight excluding hydrogens is 294 g/mol. The summed E-state index contributed by atoms with van der Waals surface area (Å²) in [6, 6.07) is 3.53. The van der Waals surface area contributed by atoms with E-state index in [2.05, 4.69) is 24.0 Å². The van der Waals surface area contributed by atoms with E-state index in [4.69, 9.17) is 9.47 Å². The summed E-state index contributed by atoms with van der Waals surface area (Å²) < 4.78 is 13.5. The van der Waals surface area contributed by atoms with Crippen LogP contribution in [0.1, 0.15) is 42.9 Å². The van der Waals surface area contributed by atoms with Gasteiger partial charge in [0.15, 0.2) is 5.65 Å². The molecule has 1 aliphatic heterocycles. The van der Waals surface area contributed by atoms with Crippen LogP contribution in [0.25, 0.3) is 5.65 Å². The molecule has 23 heavy (non-hydrogen) atoms. The van der Waals surface area contributed by atoms with E-state index in [1.54, 1.807) is 22.7 Å². The van der Waals surface area contributed by atoms with Crippen molar-refractivity contribution in [3.63, 3.8) is 0 Å². The van der Waals surface area contributed by atoms with Crippen LogP contribution in [-0.2, 0) is 9.47 Å². The SMILES string of the molecule is Cc1nnc2ccc(C(=O)O[C@@H]3[C@@H]4CCCO[C@@H]4C3(C)C)cn12. The summed E-state index contributed by atoms with van der Waals surface area (Å²) >= 11 is 0. The van der Waals surface area contributed by atoms with Gasteiger partial charge < -0.3 is 9.47 Å². The summed E-state index contributed by atoms with van der Waals surface area (Å²) in [7, 11) is 0. The largest absolute Gasteiger partial charge is 0.458 e. The van der Waals surface area contributed by atoms with E-state index < -0.39 is 0 Å². The number of pyridine rings is 1. The Kier molecular flexibility index (Phi) is 3.20. The van der Waals surface area contributed by atoms with Crippen LogP contribution in [0, 0.1) is 18.3 Å². The Hall–Kier alpha value is -1.95. The highest BCUT2D eigenvalue weighted by molar-refractivity contribution is 5.89. The van der Waals surface area contributed by atoms with Gasteiger partial charge in [-0.25, -0.2) is 4.79 Å². The van der Waals surface area contributed by atoms with Gasteiger partial charge in [0.1, 0.15) is 11.9 Å². The molecule has 2 aliphatic rings. The molecule has 1 saturated carbocycles. The van der Waals surface area contributed by atoms with Gasteiger partial charge in [-0.2, -0.15) is 0 Å². The first-order valence-electron chi connectivity index (χ1n) is 8.12. The van der Waals surface area contributed by atoms with E-state index in [-0.39, 0.29) is 23.6 Å². The molecule has 4 rings (SSSR count). The first-order valence-corrected chi connectivity index (χ1v) is 8.12. The van der Waals surface area contributed by atoms with Crippen molar-refractivity contribution in [2.24, 2.45) is 11.3 Å². The Morgan fingerprint density at radius 1 is 1.39 bits per heavy atom. The van der Waals surface area contributed by atoms with Gasteiger partial charge in [-0.3, -0.25) is 4.40 Å². The average Bonchev–Trinajstić information content (AvgIpc) is 2.93. The fraction of sp³-hybridized carbons (Fsp3) is 0.588. The molecule has 122 valence electrons. The quantitative estimate of drug-likeness (QED) is 0.796. The van der Waals surface area contributed by atoms with Gasteiger partial charge >= 0.3 is 5.97 Å². The van der Waals surface area contributed by atoms with Crippen LogP contribution in [0.3, 0.4) is 0 Å². The van der Waals surface area contributed by atoms with Crippen molar-refractivity contribution in [3.05, 3.63) is 29.7 Å². The maximum Gasteiger partial charge on any atom is 0.339 e. The van der Waals surface area contributed by atoms with Crippen LogP contribution in [0.5, 0.6) is 0 Å². The second-order valence-electron chi connectivity index (χ2n) is 7.14. The maximum absolute atomic E-state index is 12.6. The van der Waals surface area contributed by atoms with Crippen LogP contribution in [0.15, 0.2) is 18.3 Å². The molecule has 0 unspecified atom stereocenters. The zero-order chi connectivity index (χ0) is 16.2. The number of carbonyl (C=O) groups excluding carboxylic acids is 1. The van der Waals surface area contributed by atoms with Gasteiger partial charge in [-0.05, 0) is 31.9 Å². The predicted molar refractivity (Wildman–Crippen MR) is 83.2 cm³/mol. The number of aromatic nitrogens is 3. The van der Waals surface area contributed by atoms with Crippen molar-refractivity contribution >= 4 is 11.6 Å². The van der Waals surface area contributed by atoms with Gasteiger partial charge in [0, 0.05) is 24.1 Å². The minimum absolute atomic E-state index is 0.0852. The molecule has 3 heterocycles. The summed E-state index contributed by atoms with van der Waals surface area (Å²) in [5.41, 5.74) is 1.12. The third-order valence-electron chi connectivity index (χ3n) is 5.27. The fourth-order valence-electron chi connectivity index (χ4n) is 4.02. The summed E-state index contributed by atoms with van der Waals surface area (Å²) in [4.78, 5) is 12.6. The van der Waals surface area contributed by atoms with Crippen molar-refractivity contribution in [1.29, 1.82) is 0 Å². The van der Waals surface area contributed by atoms with Crippen LogP contribution < -0.4 is 0 Å². The van der Waals surface area contributed by atoms with Gasteiger partial charge in [0.25, 0.3) is 0 Å². The third-order valence-corrected chi connectivity index (χ3v) is 5.27. The molecule has 6 nitrogen and oxygen atoms in total. The van der Waals surface area contributed by atoms with Crippen LogP contribution in [-0.4, -0.2) is 39.4 Å². The highest BCUT2D eigenvalue weighted by atomic mass is 16.6. The van der Waals surface area contributed by atoms with Gasteiger partial charge in [-0.1, -0.05) is 13.8 Å². The molecule has 0 radical (unpaired) electrons. The monoisotopic (exact) mass is 315 g/mol. The zero-order valence-electron chi connectivity index (χ0n) is 13.7. The lowest BCUT2D eigenvalue weighted by atomic mass is 9.57. The van der Waals surface area contributed by atoms with Crippen molar-refractivity contribution < 1.29 is 14.3 Å². The van der Waals surface area contributed by atoms with Gasteiger partial charge in [0.2, 0.25) is 0 Å². The first kappa shape index (κ1) is 14.6. The van der Waals surface area contributed by atoms with Crippen LogP contribution in [0.4, 0.5) is 0 Å². The summed E-state index contributed by atoms with van der Waals surface area (Å²) in [6.07, 6.45) is 3.97. The lowest BCUT2D eigenvalue weighted by Gasteiger charge is -2.58. The molecule has 0 aromatic carbocycles. The average molecular weight is 315 g/mol. The molecule has 2 aromatic rings. The number of fused-ring (bicyclic) bond motifs is 2. The standard InChI is InChI=1S/C17H21N3O3/c1-10-18-19-13-7-6-11(9-20(10)13)16(21)23-15-12-5-4-8-22-14(12)17(15,2)3/h6-7,9,12,14-15H,4-5,8H2,1-3H3/t12-,14+,15-/m1/s1. The first-order chi connectivity index (χ1) is 11.0. The number of hydrogen-bond donors (Lipinski definition) is 0. The van der Waals surface area contributed by atoms with E-state index in [1.807, 2.05) is 6.92 Å². The maximum atomic E-state index is 12.6. The summed E-state index contributed by atoms with van der Waals surface area (Å²) in [5, 5.41) is 8.03. The molecule has 1 aliphatic carbocycles. The number of ether oxygens (including phenoxy) is 2. The second-order valence-corrected chi connectivity index (χ2v) is 7.14. The topological polar surface area (TPSA) is 65.7 Å². The van der Waals surface area contributed by atoms with E-state index in [0.717, 1.165) is 30.9 Å². The molecule has 1 saturated heterocycles. The number of nitrogens with zero attached hydrogens (tertiary/aromatic N) is 3. The van der Waals surface area contributed by atoms with E-state index in [1.165, 1.54) is 0 Å². The number of rotatable bonds is 2. The second kappa shape index (κ2) is 5.03. The number of aryl methyl sites for hydroxylation is 1. The van der Waals surface area contributed by atoms with Crippen LogP contribution >= 0.6 is 0 Å². The van der Waals surface area contributed by atoms with Crippen LogP contribution in [0.2, 0.25) is 0 Å².